The Morgan fingerprint density at radius 1 is 1.44 bits per heavy atom. The Bertz CT molecular complexity index is 334. The summed E-state index contributed by atoms with van der Waals surface area (Å²) in [5.41, 5.74) is 0. The zero-order valence-electron chi connectivity index (χ0n) is 10.3. The lowest BCUT2D eigenvalue weighted by Gasteiger charge is -2.29. The predicted octanol–water partition coefficient (Wildman–Crippen LogP) is 0.804. The van der Waals surface area contributed by atoms with Gasteiger partial charge >= 0.3 is 5.97 Å². The van der Waals surface area contributed by atoms with Gasteiger partial charge in [0.15, 0.2) is 0 Å². The third-order valence-electron chi connectivity index (χ3n) is 3.18. The fourth-order valence-corrected chi connectivity index (χ4v) is 4.71. The molecule has 7 heteroatoms. The summed E-state index contributed by atoms with van der Waals surface area (Å²) in [5, 5.41) is 12.4. The number of nitrogens with one attached hydrogen (secondary N) is 1. The average Bonchev–Trinajstić information content (AvgIpc) is 2.97. The van der Waals surface area contributed by atoms with Crippen molar-refractivity contribution in [3.63, 3.8) is 0 Å². The third-order valence-corrected chi connectivity index (χ3v) is 5.48. The maximum absolute atomic E-state index is 12.4. The smallest absolute Gasteiger partial charge is 0.327 e. The molecule has 0 aromatic heterocycles. The number of carboxylic acids is 1. The number of aliphatic carboxylic acids is 1. The summed E-state index contributed by atoms with van der Waals surface area (Å²) in [6.07, 6.45) is 1.82. The zero-order chi connectivity index (χ0) is 13.1. The van der Waals surface area contributed by atoms with Gasteiger partial charge in [-0.25, -0.2) is 4.79 Å². The summed E-state index contributed by atoms with van der Waals surface area (Å²) in [6.45, 7) is 2.06. The average molecular weight is 290 g/mol. The van der Waals surface area contributed by atoms with Gasteiger partial charge < -0.3 is 10.0 Å². The molecular formula is C11H18N2O3S2. The predicted molar refractivity (Wildman–Crippen MR) is 73.7 cm³/mol. The van der Waals surface area contributed by atoms with Gasteiger partial charge in [-0.1, -0.05) is 13.3 Å². The highest BCUT2D eigenvalue weighted by Crippen LogP contribution is 2.33. The molecule has 2 rings (SSSR count). The third kappa shape index (κ3) is 2.78. The molecule has 5 nitrogen and oxygen atoms in total. The summed E-state index contributed by atoms with van der Waals surface area (Å²) >= 11 is 3.27. The van der Waals surface area contributed by atoms with Crippen LogP contribution in [0.3, 0.4) is 0 Å². The number of thioether (sulfide) groups is 2. The van der Waals surface area contributed by atoms with Crippen LogP contribution in [-0.2, 0) is 9.59 Å². The minimum absolute atomic E-state index is 0.0241. The zero-order valence-corrected chi connectivity index (χ0v) is 11.9. The number of amides is 1. The first-order valence-electron chi connectivity index (χ1n) is 6.13. The van der Waals surface area contributed by atoms with E-state index in [9.17, 15) is 14.7 Å². The van der Waals surface area contributed by atoms with Gasteiger partial charge in [-0.05, 0) is 6.42 Å². The molecule has 0 aromatic rings. The second-order valence-corrected chi connectivity index (χ2v) is 6.69. The molecule has 2 aliphatic heterocycles. The van der Waals surface area contributed by atoms with Crippen LogP contribution in [0.15, 0.2) is 0 Å². The molecular weight excluding hydrogens is 272 g/mol. The van der Waals surface area contributed by atoms with Crippen molar-refractivity contribution in [3.8, 4) is 0 Å². The van der Waals surface area contributed by atoms with Crippen LogP contribution in [0, 0.1) is 0 Å². The summed E-state index contributed by atoms with van der Waals surface area (Å²) in [7, 11) is 0. The number of hydrogen-bond donors (Lipinski definition) is 2. The van der Waals surface area contributed by atoms with Crippen LogP contribution in [0.1, 0.15) is 19.8 Å². The number of carboxylic acid groups (broad SMARTS) is 1. The second-order valence-electron chi connectivity index (χ2n) is 4.45. The number of nitrogens with zero attached hydrogens (tertiary/aromatic N) is 1. The van der Waals surface area contributed by atoms with Crippen LogP contribution in [0.5, 0.6) is 0 Å². The van der Waals surface area contributed by atoms with Gasteiger partial charge in [-0.3, -0.25) is 10.1 Å². The van der Waals surface area contributed by atoms with E-state index in [2.05, 4.69) is 12.2 Å². The minimum Gasteiger partial charge on any atom is -0.480 e. The summed E-state index contributed by atoms with van der Waals surface area (Å²) < 4.78 is 0. The largest absolute Gasteiger partial charge is 0.480 e. The van der Waals surface area contributed by atoms with Crippen molar-refractivity contribution in [2.75, 3.05) is 17.4 Å². The van der Waals surface area contributed by atoms with Crippen molar-refractivity contribution >= 4 is 35.4 Å². The maximum atomic E-state index is 12.4. The van der Waals surface area contributed by atoms with E-state index in [0.29, 0.717) is 5.75 Å². The Labute approximate surface area is 115 Å². The van der Waals surface area contributed by atoms with Crippen molar-refractivity contribution < 1.29 is 14.7 Å². The van der Waals surface area contributed by atoms with Gasteiger partial charge in [0, 0.05) is 17.4 Å². The maximum Gasteiger partial charge on any atom is 0.327 e. The van der Waals surface area contributed by atoms with Crippen molar-refractivity contribution in [3.05, 3.63) is 0 Å². The summed E-state index contributed by atoms with van der Waals surface area (Å²) in [4.78, 5) is 25.3. The SMILES string of the molecule is CCCC1SCC(C(=O)O)N1C(=O)C1CSCN1. The van der Waals surface area contributed by atoms with Crippen molar-refractivity contribution in [1.29, 1.82) is 0 Å². The molecule has 1 amide bonds. The minimum atomic E-state index is -0.889. The van der Waals surface area contributed by atoms with Crippen molar-refractivity contribution in [2.24, 2.45) is 0 Å². The molecule has 3 atom stereocenters. The fourth-order valence-electron chi connectivity index (χ4n) is 2.25. The number of carbonyl (C=O) groups excluding carboxylic acids is 1. The van der Waals surface area contributed by atoms with Gasteiger partial charge in [0.1, 0.15) is 6.04 Å². The molecule has 0 aromatic carbocycles. The number of hydrogen-bond acceptors (Lipinski definition) is 5. The number of carbonyl (C=O) groups is 2. The highest BCUT2D eigenvalue weighted by atomic mass is 32.2. The molecule has 2 fully saturated rings. The molecule has 2 heterocycles. The topological polar surface area (TPSA) is 69.6 Å². The normalized spacial score (nSPS) is 31.8. The fraction of sp³-hybridized carbons (Fsp3) is 0.818. The Morgan fingerprint density at radius 2 is 2.22 bits per heavy atom. The Morgan fingerprint density at radius 3 is 2.78 bits per heavy atom. The monoisotopic (exact) mass is 290 g/mol. The Balaban J connectivity index is 2.11. The molecule has 2 saturated heterocycles. The van der Waals surface area contributed by atoms with Gasteiger partial charge in [0.2, 0.25) is 5.91 Å². The lowest BCUT2D eigenvalue weighted by Crippen LogP contribution is -2.52. The molecule has 0 saturated carbocycles. The van der Waals surface area contributed by atoms with E-state index in [-0.39, 0.29) is 17.3 Å². The molecule has 18 heavy (non-hydrogen) atoms. The lowest BCUT2D eigenvalue weighted by atomic mass is 10.2. The molecule has 0 radical (unpaired) electrons. The second kappa shape index (κ2) is 6.16. The molecule has 2 N–H and O–H groups in total. The van der Waals surface area contributed by atoms with E-state index >= 15 is 0 Å². The van der Waals surface area contributed by atoms with Gasteiger partial charge in [-0.15, -0.1) is 23.5 Å². The molecule has 102 valence electrons. The first kappa shape index (κ1) is 14.0. The molecule has 2 aliphatic rings. The van der Waals surface area contributed by atoms with Crippen LogP contribution in [0.25, 0.3) is 0 Å². The van der Waals surface area contributed by atoms with Crippen molar-refractivity contribution in [2.45, 2.75) is 37.2 Å². The van der Waals surface area contributed by atoms with Crippen LogP contribution in [0.2, 0.25) is 0 Å². The van der Waals surface area contributed by atoms with Gasteiger partial charge in [-0.2, -0.15) is 0 Å². The van der Waals surface area contributed by atoms with E-state index in [1.54, 1.807) is 28.4 Å². The summed E-state index contributed by atoms with van der Waals surface area (Å²) in [6, 6.07) is -0.874. The van der Waals surface area contributed by atoms with E-state index in [0.717, 1.165) is 24.5 Å². The lowest BCUT2D eigenvalue weighted by molar-refractivity contribution is -0.149. The highest BCUT2D eigenvalue weighted by molar-refractivity contribution is 8.00. The molecule has 0 aliphatic carbocycles. The van der Waals surface area contributed by atoms with Crippen LogP contribution in [0.4, 0.5) is 0 Å². The standard InChI is InChI=1S/C11H18N2O3S2/c1-2-3-9-13(8(5-18-9)11(15)16)10(14)7-4-17-6-12-7/h7-9,12H,2-6H2,1H3,(H,15,16). The van der Waals surface area contributed by atoms with Gasteiger partial charge in [0.25, 0.3) is 0 Å². The van der Waals surface area contributed by atoms with E-state index in [1.165, 1.54) is 0 Å². The van der Waals surface area contributed by atoms with Crippen LogP contribution >= 0.6 is 23.5 Å². The van der Waals surface area contributed by atoms with E-state index < -0.39 is 12.0 Å². The van der Waals surface area contributed by atoms with Crippen LogP contribution < -0.4 is 5.32 Å². The highest BCUT2D eigenvalue weighted by Gasteiger charge is 2.43. The van der Waals surface area contributed by atoms with Crippen molar-refractivity contribution in [1.82, 2.24) is 10.2 Å². The quantitative estimate of drug-likeness (QED) is 0.798. The van der Waals surface area contributed by atoms with Crippen LogP contribution in [-0.4, -0.2) is 56.7 Å². The Kier molecular flexibility index (Phi) is 4.80. The molecule has 0 spiro atoms. The van der Waals surface area contributed by atoms with Gasteiger partial charge in [0.05, 0.1) is 11.4 Å². The molecule has 0 bridgehead atoms. The van der Waals surface area contributed by atoms with E-state index in [4.69, 9.17) is 0 Å². The molecule has 3 unspecified atom stereocenters. The Hall–Kier alpha value is -0.400. The number of rotatable bonds is 4. The van der Waals surface area contributed by atoms with E-state index in [1.807, 2.05) is 0 Å². The first-order chi connectivity index (χ1) is 8.65. The first-order valence-corrected chi connectivity index (χ1v) is 8.33. The summed E-state index contributed by atoms with van der Waals surface area (Å²) in [5.74, 6) is 1.08.